The van der Waals surface area contributed by atoms with Gasteiger partial charge in [0.05, 0.1) is 11.6 Å². The van der Waals surface area contributed by atoms with Crippen LogP contribution in [0.2, 0.25) is 0 Å². The van der Waals surface area contributed by atoms with Crippen molar-refractivity contribution in [2.24, 2.45) is 5.92 Å². The minimum Gasteiger partial charge on any atom is -0.477 e. The molecule has 1 heterocycles. The number of benzene rings is 1. The first kappa shape index (κ1) is 23.4. The molecule has 1 aromatic carbocycles. The van der Waals surface area contributed by atoms with Crippen LogP contribution in [0.1, 0.15) is 49.4 Å². The number of nitrogens with one attached hydrogen (secondary N) is 1. The Morgan fingerprint density at radius 1 is 1.23 bits per heavy atom. The molecule has 2 N–H and O–H groups in total. The first-order valence-corrected chi connectivity index (χ1v) is 9.21. The molecular formula is C20H24F3N3O4. The summed E-state index contributed by atoms with van der Waals surface area (Å²) >= 11 is 0. The summed E-state index contributed by atoms with van der Waals surface area (Å²) in [6.45, 7) is 7.71. The van der Waals surface area contributed by atoms with Crippen LogP contribution in [0.4, 0.5) is 13.2 Å². The second-order valence-electron chi connectivity index (χ2n) is 7.86. The van der Waals surface area contributed by atoms with Crippen LogP contribution in [0.15, 0.2) is 30.3 Å². The molecule has 0 bridgehead atoms. The summed E-state index contributed by atoms with van der Waals surface area (Å²) in [6.07, 6.45) is -4.76. The highest BCUT2D eigenvalue weighted by Gasteiger charge is 2.36. The molecule has 0 saturated carbocycles. The van der Waals surface area contributed by atoms with E-state index in [-0.39, 0.29) is 11.7 Å². The fraction of sp³-hybridized carbons (Fsp3) is 0.450. The van der Waals surface area contributed by atoms with Crippen LogP contribution in [0.5, 0.6) is 0 Å². The van der Waals surface area contributed by atoms with E-state index in [1.807, 2.05) is 0 Å². The van der Waals surface area contributed by atoms with Gasteiger partial charge in [-0.3, -0.25) is 4.79 Å². The smallest absolute Gasteiger partial charge is 0.435 e. The van der Waals surface area contributed by atoms with E-state index in [9.17, 15) is 27.9 Å². The Labute approximate surface area is 171 Å². The zero-order valence-corrected chi connectivity index (χ0v) is 17.1. The Balaban J connectivity index is 2.11. The van der Waals surface area contributed by atoms with Gasteiger partial charge in [-0.2, -0.15) is 18.3 Å². The molecule has 10 heteroatoms. The van der Waals surface area contributed by atoms with Crippen LogP contribution in [0.3, 0.4) is 0 Å². The number of halogens is 3. The molecule has 1 atom stereocenters. The van der Waals surface area contributed by atoms with Gasteiger partial charge in [-0.05, 0) is 38.5 Å². The van der Waals surface area contributed by atoms with Gasteiger partial charge in [0.2, 0.25) is 0 Å². The summed E-state index contributed by atoms with van der Waals surface area (Å²) in [6, 6.07) is 6.81. The van der Waals surface area contributed by atoms with Crippen molar-refractivity contribution in [3.63, 3.8) is 0 Å². The van der Waals surface area contributed by atoms with Crippen LogP contribution in [-0.4, -0.2) is 39.0 Å². The molecule has 0 fully saturated rings. The second kappa shape index (κ2) is 8.86. The van der Waals surface area contributed by atoms with Crippen molar-refractivity contribution in [1.29, 1.82) is 0 Å². The molecule has 0 spiro atoms. The number of carboxylic acids is 1. The Morgan fingerprint density at radius 2 is 1.90 bits per heavy atom. The minimum atomic E-state index is -4.76. The first-order valence-electron chi connectivity index (χ1n) is 9.21. The number of aromatic carboxylic acids is 1. The van der Waals surface area contributed by atoms with Gasteiger partial charge in [-0.15, -0.1) is 0 Å². The lowest BCUT2D eigenvalue weighted by molar-refractivity contribution is -0.159. The van der Waals surface area contributed by atoms with Gasteiger partial charge in [0, 0.05) is 19.2 Å². The monoisotopic (exact) mass is 427 g/mol. The van der Waals surface area contributed by atoms with Crippen molar-refractivity contribution >= 4 is 11.9 Å². The number of carboxylic acid groups (broad SMARTS) is 1. The van der Waals surface area contributed by atoms with Crippen LogP contribution in [0.25, 0.3) is 5.69 Å². The molecule has 7 nitrogen and oxygen atoms in total. The van der Waals surface area contributed by atoms with E-state index in [0.29, 0.717) is 24.7 Å². The van der Waals surface area contributed by atoms with Crippen molar-refractivity contribution in [3.05, 3.63) is 47.3 Å². The number of nitrogens with zero attached hydrogens (tertiary/aromatic N) is 2. The maximum absolute atomic E-state index is 12.9. The van der Waals surface area contributed by atoms with E-state index < -0.39 is 35.1 Å². The van der Waals surface area contributed by atoms with Crippen molar-refractivity contribution in [1.82, 2.24) is 15.1 Å². The Bertz CT molecular complexity index is 917. The lowest BCUT2D eigenvalue weighted by Crippen LogP contribution is -2.32. The number of hydrogen-bond donors (Lipinski definition) is 2. The molecule has 0 aliphatic heterocycles. The van der Waals surface area contributed by atoms with Gasteiger partial charge in [0.15, 0.2) is 11.4 Å². The normalized spacial score (nSPS) is 13.2. The number of rotatable bonds is 7. The number of hydrogen-bond acceptors (Lipinski definition) is 5. The summed E-state index contributed by atoms with van der Waals surface area (Å²) in [4.78, 5) is 23.3. The SMILES string of the molecule is C[C@@H](CNCc1cccc(-n2nc(C(F)(F)F)cc2C(=O)O)c1)C(=O)OC(C)(C)C. The molecule has 0 aliphatic carbocycles. The largest absolute Gasteiger partial charge is 0.477 e. The third-order valence-electron chi connectivity index (χ3n) is 3.96. The van der Waals surface area contributed by atoms with Crippen LogP contribution in [-0.2, 0) is 22.3 Å². The van der Waals surface area contributed by atoms with E-state index in [1.165, 1.54) is 12.1 Å². The van der Waals surface area contributed by atoms with E-state index >= 15 is 0 Å². The number of ether oxygens (including phenoxy) is 1. The first-order chi connectivity index (χ1) is 13.8. The third-order valence-corrected chi connectivity index (χ3v) is 3.96. The zero-order chi connectivity index (χ0) is 22.7. The van der Waals surface area contributed by atoms with Crippen LogP contribution in [0, 0.1) is 5.92 Å². The second-order valence-corrected chi connectivity index (χ2v) is 7.86. The molecular weight excluding hydrogens is 403 g/mol. The van der Waals surface area contributed by atoms with Crippen molar-refractivity contribution < 1.29 is 32.6 Å². The molecule has 30 heavy (non-hydrogen) atoms. The van der Waals surface area contributed by atoms with Gasteiger partial charge in [0.1, 0.15) is 5.60 Å². The molecule has 0 aliphatic rings. The van der Waals surface area contributed by atoms with Crippen molar-refractivity contribution in [2.75, 3.05) is 6.54 Å². The number of aromatic nitrogens is 2. The summed E-state index contributed by atoms with van der Waals surface area (Å²) in [7, 11) is 0. The fourth-order valence-electron chi connectivity index (χ4n) is 2.59. The maximum Gasteiger partial charge on any atom is 0.435 e. The standard InChI is InChI=1S/C20H24F3N3O4/c1-12(18(29)30-19(2,3)4)10-24-11-13-6-5-7-14(8-13)26-15(17(27)28)9-16(25-26)20(21,22)23/h5-9,12,24H,10-11H2,1-4H3,(H,27,28)/t12-/m0/s1. The van der Waals surface area contributed by atoms with Crippen LogP contribution < -0.4 is 5.32 Å². The van der Waals surface area contributed by atoms with Gasteiger partial charge >= 0.3 is 18.1 Å². The third kappa shape index (κ3) is 6.31. The van der Waals surface area contributed by atoms with E-state index in [2.05, 4.69) is 10.4 Å². The number of carbonyl (C=O) groups is 2. The van der Waals surface area contributed by atoms with Gasteiger partial charge < -0.3 is 15.2 Å². The average Bonchev–Trinajstić information content (AvgIpc) is 3.06. The minimum absolute atomic E-state index is 0.183. The summed E-state index contributed by atoms with van der Waals surface area (Å²) in [5.74, 6) is -2.26. The quantitative estimate of drug-likeness (QED) is 0.655. The predicted octanol–water partition coefficient (Wildman–Crippen LogP) is 3.66. The van der Waals surface area contributed by atoms with Gasteiger partial charge in [-0.1, -0.05) is 19.1 Å². The zero-order valence-electron chi connectivity index (χ0n) is 17.1. The average molecular weight is 427 g/mol. The molecule has 2 rings (SSSR count). The number of carbonyl (C=O) groups excluding carboxylic acids is 1. The van der Waals surface area contributed by atoms with Crippen LogP contribution >= 0.6 is 0 Å². The molecule has 0 amide bonds. The summed E-state index contributed by atoms with van der Waals surface area (Å²) < 4.78 is 44.9. The maximum atomic E-state index is 12.9. The lowest BCUT2D eigenvalue weighted by Gasteiger charge is -2.22. The van der Waals surface area contributed by atoms with E-state index in [0.717, 1.165) is 4.68 Å². The molecule has 2 aromatic rings. The predicted molar refractivity (Wildman–Crippen MR) is 102 cm³/mol. The van der Waals surface area contributed by atoms with Crippen molar-refractivity contribution in [3.8, 4) is 5.69 Å². The van der Waals surface area contributed by atoms with E-state index in [4.69, 9.17) is 4.74 Å². The fourth-order valence-corrected chi connectivity index (χ4v) is 2.59. The molecule has 0 unspecified atom stereocenters. The molecule has 164 valence electrons. The lowest BCUT2D eigenvalue weighted by atomic mass is 10.1. The molecule has 1 aromatic heterocycles. The van der Waals surface area contributed by atoms with Gasteiger partial charge in [-0.25, -0.2) is 9.48 Å². The Morgan fingerprint density at radius 3 is 2.47 bits per heavy atom. The topological polar surface area (TPSA) is 93.5 Å². The molecule has 0 radical (unpaired) electrons. The molecule has 0 saturated heterocycles. The summed E-state index contributed by atoms with van der Waals surface area (Å²) in [5, 5.41) is 15.7. The van der Waals surface area contributed by atoms with Gasteiger partial charge in [0.25, 0.3) is 0 Å². The Hall–Kier alpha value is -2.88. The van der Waals surface area contributed by atoms with Crippen molar-refractivity contribution in [2.45, 2.75) is 46.0 Å². The number of alkyl halides is 3. The Kier molecular flexibility index (Phi) is 6.91. The van der Waals surface area contributed by atoms with E-state index in [1.54, 1.807) is 39.8 Å². The summed E-state index contributed by atoms with van der Waals surface area (Å²) in [5.41, 5.74) is -1.59. The number of esters is 1. The highest BCUT2D eigenvalue weighted by Crippen LogP contribution is 2.29. The highest BCUT2D eigenvalue weighted by atomic mass is 19.4. The highest BCUT2D eigenvalue weighted by molar-refractivity contribution is 5.86.